The number of hydrogen-bond donors (Lipinski definition) is 1. The SMILES string of the molecule is N#Cc1cccc(-c2cnc(N)c(OCCc3c(Cl)ccc(F)c3Cl)c2)c1. The van der Waals surface area contributed by atoms with Gasteiger partial charge in [0.25, 0.3) is 0 Å². The highest BCUT2D eigenvalue weighted by molar-refractivity contribution is 6.36. The van der Waals surface area contributed by atoms with E-state index in [0.29, 0.717) is 28.3 Å². The Morgan fingerprint density at radius 3 is 2.74 bits per heavy atom. The van der Waals surface area contributed by atoms with Gasteiger partial charge in [0.1, 0.15) is 5.82 Å². The Kier molecular flexibility index (Phi) is 5.80. The number of nitriles is 1. The summed E-state index contributed by atoms with van der Waals surface area (Å²) in [6.45, 7) is 0.191. The van der Waals surface area contributed by atoms with Gasteiger partial charge in [0, 0.05) is 23.2 Å². The fourth-order valence-electron chi connectivity index (χ4n) is 2.56. The zero-order valence-electron chi connectivity index (χ0n) is 14.0. The van der Waals surface area contributed by atoms with E-state index in [1.807, 2.05) is 6.07 Å². The largest absolute Gasteiger partial charge is 0.489 e. The third kappa shape index (κ3) is 4.30. The molecule has 0 spiro atoms. The summed E-state index contributed by atoms with van der Waals surface area (Å²) in [7, 11) is 0. The lowest BCUT2D eigenvalue weighted by Gasteiger charge is -2.12. The van der Waals surface area contributed by atoms with Gasteiger partial charge in [-0.3, -0.25) is 0 Å². The molecule has 0 bridgehead atoms. The molecule has 0 aliphatic heterocycles. The van der Waals surface area contributed by atoms with Crippen molar-refractivity contribution < 1.29 is 9.13 Å². The molecule has 0 saturated heterocycles. The molecule has 27 heavy (non-hydrogen) atoms. The van der Waals surface area contributed by atoms with Crippen LogP contribution < -0.4 is 10.5 Å². The highest BCUT2D eigenvalue weighted by atomic mass is 35.5. The van der Waals surface area contributed by atoms with Crippen LogP contribution in [-0.4, -0.2) is 11.6 Å². The summed E-state index contributed by atoms with van der Waals surface area (Å²) in [6.07, 6.45) is 1.92. The summed E-state index contributed by atoms with van der Waals surface area (Å²) in [4.78, 5) is 4.14. The maximum absolute atomic E-state index is 13.6. The molecule has 0 fully saturated rings. The summed E-state index contributed by atoms with van der Waals surface area (Å²) in [5.41, 5.74) is 8.49. The lowest BCUT2D eigenvalue weighted by atomic mass is 10.1. The summed E-state index contributed by atoms with van der Waals surface area (Å²) in [5, 5.41) is 9.40. The van der Waals surface area contributed by atoms with Crippen LogP contribution in [0.3, 0.4) is 0 Å². The first-order valence-electron chi connectivity index (χ1n) is 8.01. The Morgan fingerprint density at radius 1 is 1.15 bits per heavy atom. The lowest BCUT2D eigenvalue weighted by molar-refractivity contribution is 0.322. The third-order valence-corrected chi connectivity index (χ3v) is 4.72. The van der Waals surface area contributed by atoms with Crippen LogP contribution in [0.15, 0.2) is 48.7 Å². The molecule has 0 unspecified atom stereocenters. The molecule has 7 heteroatoms. The Balaban J connectivity index is 1.78. The summed E-state index contributed by atoms with van der Waals surface area (Å²) >= 11 is 12.0. The van der Waals surface area contributed by atoms with Crippen LogP contribution in [0.25, 0.3) is 11.1 Å². The van der Waals surface area contributed by atoms with E-state index < -0.39 is 5.82 Å². The van der Waals surface area contributed by atoms with E-state index in [0.717, 1.165) is 11.1 Å². The Hall–Kier alpha value is -2.81. The molecule has 2 N–H and O–H groups in total. The number of anilines is 1. The molecule has 1 heterocycles. The smallest absolute Gasteiger partial charge is 0.166 e. The number of benzene rings is 2. The number of rotatable bonds is 5. The van der Waals surface area contributed by atoms with Gasteiger partial charge >= 0.3 is 0 Å². The quantitative estimate of drug-likeness (QED) is 0.591. The van der Waals surface area contributed by atoms with Gasteiger partial charge in [0.15, 0.2) is 11.6 Å². The van der Waals surface area contributed by atoms with Crippen molar-refractivity contribution in [1.29, 1.82) is 5.26 Å². The minimum Gasteiger partial charge on any atom is -0.489 e. The average molecular weight is 402 g/mol. The molecule has 0 saturated carbocycles. The van der Waals surface area contributed by atoms with Gasteiger partial charge in [-0.05, 0) is 41.5 Å². The average Bonchev–Trinajstić information content (AvgIpc) is 2.69. The molecule has 0 aliphatic rings. The summed E-state index contributed by atoms with van der Waals surface area (Å²) in [5.74, 6) is 0.0850. The topological polar surface area (TPSA) is 71.9 Å². The minimum atomic E-state index is -0.531. The number of halogens is 3. The van der Waals surface area contributed by atoms with Crippen molar-refractivity contribution in [2.75, 3.05) is 12.3 Å². The molecule has 2 aromatic carbocycles. The highest BCUT2D eigenvalue weighted by Gasteiger charge is 2.12. The lowest BCUT2D eigenvalue weighted by Crippen LogP contribution is -2.06. The predicted molar refractivity (Wildman–Crippen MR) is 104 cm³/mol. The van der Waals surface area contributed by atoms with Gasteiger partial charge in [-0.1, -0.05) is 35.3 Å². The van der Waals surface area contributed by atoms with Gasteiger partial charge in [0.05, 0.1) is 23.3 Å². The minimum absolute atomic E-state index is 0.0146. The third-order valence-electron chi connectivity index (χ3n) is 3.96. The van der Waals surface area contributed by atoms with Gasteiger partial charge < -0.3 is 10.5 Å². The first-order valence-corrected chi connectivity index (χ1v) is 8.76. The number of nitrogens with zero attached hydrogens (tertiary/aromatic N) is 2. The Labute approximate surface area is 165 Å². The monoisotopic (exact) mass is 401 g/mol. The van der Waals surface area contributed by atoms with Crippen LogP contribution in [0.1, 0.15) is 11.1 Å². The molecular formula is C20H14Cl2FN3O. The van der Waals surface area contributed by atoms with Crippen LogP contribution in [0.4, 0.5) is 10.2 Å². The van der Waals surface area contributed by atoms with Gasteiger partial charge in [-0.2, -0.15) is 5.26 Å². The van der Waals surface area contributed by atoms with E-state index in [9.17, 15) is 4.39 Å². The molecule has 0 atom stereocenters. The summed E-state index contributed by atoms with van der Waals surface area (Å²) in [6, 6.07) is 13.6. The van der Waals surface area contributed by atoms with E-state index in [1.165, 1.54) is 12.1 Å². The number of nitrogen functional groups attached to an aromatic ring is 1. The molecule has 1 aromatic heterocycles. The van der Waals surface area contributed by atoms with Crippen molar-refractivity contribution in [2.24, 2.45) is 0 Å². The van der Waals surface area contributed by atoms with Crippen LogP contribution in [-0.2, 0) is 6.42 Å². The van der Waals surface area contributed by atoms with E-state index in [-0.39, 0.29) is 17.4 Å². The van der Waals surface area contributed by atoms with Crippen molar-refractivity contribution in [1.82, 2.24) is 4.98 Å². The molecule has 136 valence electrons. The number of aromatic nitrogens is 1. The van der Waals surface area contributed by atoms with Crippen molar-refractivity contribution in [3.8, 4) is 22.9 Å². The Morgan fingerprint density at radius 2 is 1.96 bits per heavy atom. The predicted octanol–water partition coefficient (Wildman–Crippen LogP) is 5.27. The maximum atomic E-state index is 13.6. The highest BCUT2D eigenvalue weighted by Crippen LogP contribution is 2.30. The summed E-state index contributed by atoms with van der Waals surface area (Å²) < 4.78 is 19.3. The van der Waals surface area contributed by atoms with Crippen molar-refractivity contribution in [3.63, 3.8) is 0 Å². The molecule has 0 radical (unpaired) electrons. The van der Waals surface area contributed by atoms with E-state index in [2.05, 4.69) is 11.1 Å². The molecule has 4 nitrogen and oxygen atoms in total. The normalized spacial score (nSPS) is 10.4. The number of ether oxygens (including phenoxy) is 1. The van der Waals surface area contributed by atoms with Crippen molar-refractivity contribution in [2.45, 2.75) is 6.42 Å². The van der Waals surface area contributed by atoms with E-state index in [4.69, 9.17) is 38.9 Å². The van der Waals surface area contributed by atoms with Gasteiger partial charge in [0.2, 0.25) is 0 Å². The first kappa shape index (κ1) is 19.0. The standard InChI is InChI=1S/C20H14Cl2FN3O/c21-16-4-5-17(23)19(22)15(16)6-7-27-18-9-14(11-26-20(18)25)13-3-1-2-12(8-13)10-24/h1-5,8-9,11H,6-7H2,(H2,25,26). The zero-order valence-corrected chi connectivity index (χ0v) is 15.6. The van der Waals surface area contributed by atoms with Crippen LogP contribution in [0.5, 0.6) is 5.75 Å². The van der Waals surface area contributed by atoms with Crippen molar-refractivity contribution >= 4 is 29.0 Å². The second-order valence-corrected chi connectivity index (χ2v) is 6.51. The van der Waals surface area contributed by atoms with Crippen molar-refractivity contribution in [3.05, 3.63) is 75.7 Å². The molecule has 0 aliphatic carbocycles. The molecule has 3 rings (SSSR count). The van der Waals surface area contributed by atoms with E-state index in [1.54, 1.807) is 30.5 Å². The second kappa shape index (κ2) is 8.26. The fraction of sp³-hybridized carbons (Fsp3) is 0.100. The first-order chi connectivity index (χ1) is 13.0. The van der Waals surface area contributed by atoms with Gasteiger partial charge in [-0.25, -0.2) is 9.37 Å². The maximum Gasteiger partial charge on any atom is 0.166 e. The second-order valence-electron chi connectivity index (χ2n) is 5.72. The molecule has 3 aromatic rings. The van der Waals surface area contributed by atoms with Crippen LogP contribution >= 0.6 is 23.2 Å². The van der Waals surface area contributed by atoms with Crippen LogP contribution in [0.2, 0.25) is 10.0 Å². The fourth-order valence-corrected chi connectivity index (χ4v) is 3.12. The van der Waals surface area contributed by atoms with E-state index >= 15 is 0 Å². The molecule has 0 amide bonds. The van der Waals surface area contributed by atoms with Gasteiger partial charge in [-0.15, -0.1) is 0 Å². The molecular weight excluding hydrogens is 388 g/mol. The number of nitrogens with two attached hydrogens (primary N) is 1. The zero-order chi connectivity index (χ0) is 19.4. The number of pyridine rings is 1. The van der Waals surface area contributed by atoms with Crippen LogP contribution in [0, 0.1) is 17.1 Å². The Bertz CT molecular complexity index is 1030. The number of hydrogen-bond acceptors (Lipinski definition) is 4.